The van der Waals surface area contributed by atoms with Crippen molar-refractivity contribution in [1.82, 2.24) is 20.0 Å². The van der Waals surface area contributed by atoms with Gasteiger partial charge in [0.15, 0.2) is 0 Å². The van der Waals surface area contributed by atoms with E-state index >= 15 is 0 Å². The number of benzene rings is 1. The Kier molecular flexibility index (Phi) is 5.48. The second kappa shape index (κ2) is 7.82. The zero-order valence-corrected chi connectivity index (χ0v) is 16.0. The van der Waals surface area contributed by atoms with Gasteiger partial charge in [0.2, 0.25) is 5.91 Å². The molecular weight excluding hydrogens is 344 g/mol. The number of nitrogens with one attached hydrogen (secondary N) is 1. The molecule has 1 aromatic heterocycles. The van der Waals surface area contributed by atoms with Gasteiger partial charge in [-0.05, 0) is 45.7 Å². The van der Waals surface area contributed by atoms with Crippen LogP contribution in [-0.4, -0.2) is 44.9 Å². The molecule has 0 aliphatic carbocycles. The maximum absolute atomic E-state index is 12.6. The topological polar surface area (TPSA) is 76.5 Å². The van der Waals surface area contributed by atoms with Crippen LogP contribution in [-0.2, 0) is 16.1 Å². The van der Waals surface area contributed by atoms with Crippen molar-refractivity contribution in [2.24, 2.45) is 0 Å². The first-order valence-electron chi connectivity index (χ1n) is 9.20. The number of nitrogens with zero attached hydrogens (tertiary/aromatic N) is 3. The van der Waals surface area contributed by atoms with Crippen molar-refractivity contribution in [3.63, 3.8) is 0 Å². The van der Waals surface area contributed by atoms with E-state index in [9.17, 15) is 9.59 Å². The summed E-state index contributed by atoms with van der Waals surface area (Å²) in [6.45, 7) is 6.37. The highest BCUT2D eigenvalue weighted by Gasteiger charge is 2.36. The number of hydrogen-bond donors (Lipinski definition) is 1. The molecule has 1 atom stereocenters. The minimum absolute atomic E-state index is 0.161. The van der Waals surface area contributed by atoms with Gasteiger partial charge >= 0.3 is 6.09 Å². The number of hydrogen-bond acceptors (Lipinski definition) is 4. The normalized spacial score (nSPS) is 17.0. The van der Waals surface area contributed by atoms with Crippen molar-refractivity contribution >= 4 is 12.0 Å². The summed E-state index contributed by atoms with van der Waals surface area (Å²) in [6.07, 6.45) is 4.62. The second-order valence-electron chi connectivity index (χ2n) is 7.68. The third kappa shape index (κ3) is 4.87. The molecule has 27 heavy (non-hydrogen) atoms. The lowest BCUT2D eigenvalue weighted by Gasteiger charge is -2.28. The highest BCUT2D eigenvalue weighted by Crippen LogP contribution is 2.21. The minimum Gasteiger partial charge on any atom is -0.444 e. The van der Waals surface area contributed by atoms with Crippen molar-refractivity contribution in [3.8, 4) is 5.69 Å². The average molecular weight is 370 g/mol. The van der Waals surface area contributed by atoms with E-state index in [0.717, 1.165) is 17.7 Å². The number of rotatable bonds is 4. The molecule has 1 fully saturated rings. The van der Waals surface area contributed by atoms with E-state index in [-0.39, 0.29) is 5.91 Å². The minimum atomic E-state index is -0.577. The Bertz CT molecular complexity index is 795. The van der Waals surface area contributed by atoms with Crippen molar-refractivity contribution in [3.05, 3.63) is 48.3 Å². The molecule has 7 heteroatoms. The van der Waals surface area contributed by atoms with E-state index in [4.69, 9.17) is 4.74 Å². The van der Waals surface area contributed by atoms with E-state index in [1.54, 1.807) is 10.9 Å². The van der Waals surface area contributed by atoms with Gasteiger partial charge in [-0.2, -0.15) is 5.10 Å². The lowest BCUT2D eigenvalue weighted by Crippen LogP contribution is -2.47. The van der Waals surface area contributed by atoms with Crippen LogP contribution in [0.25, 0.3) is 5.69 Å². The molecule has 1 N–H and O–H groups in total. The molecule has 2 aromatic rings. The fourth-order valence-electron chi connectivity index (χ4n) is 3.06. The third-order valence-corrected chi connectivity index (χ3v) is 4.31. The molecular formula is C20H26N4O3. The van der Waals surface area contributed by atoms with Crippen molar-refractivity contribution in [1.29, 1.82) is 0 Å². The summed E-state index contributed by atoms with van der Waals surface area (Å²) >= 11 is 0. The summed E-state index contributed by atoms with van der Waals surface area (Å²) in [5.41, 5.74) is 1.28. The van der Waals surface area contributed by atoms with E-state index in [0.29, 0.717) is 19.5 Å². The van der Waals surface area contributed by atoms with Crippen LogP contribution in [0.4, 0.5) is 4.79 Å². The maximum atomic E-state index is 12.6. The van der Waals surface area contributed by atoms with Crippen molar-refractivity contribution in [2.45, 2.75) is 51.8 Å². The third-order valence-electron chi connectivity index (χ3n) is 4.31. The molecule has 2 heterocycles. The largest absolute Gasteiger partial charge is 0.444 e. The molecule has 0 bridgehead atoms. The van der Waals surface area contributed by atoms with Crippen molar-refractivity contribution in [2.75, 3.05) is 6.54 Å². The Morgan fingerprint density at radius 1 is 1.26 bits per heavy atom. The summed E-state index contributed by atoms with van der Waals surface area (Å²) in [7, 11) is 0. The van der Waals surface area contributed by atoms with E-state index in [1.165, 1.54) is 4.90 Å². The van der Waals surface area contributed by atoms with E-state index < -0.39 is 17.7 Å². The molecule has 0 unspecified atom stereocenters. The lowest BCUT2D eigenvalue weighted by atomic mass is 10.2. The number of aromatic nitrogens is 2. The Balaban J connectivity index is 1.57. The van der Waals surface area contributed by atoms with Gasteiger partial charge in [-0.15, -0.1) is 0 Å². The molecule has 7 nitrogen and oxygen atoms in total. The van der Waals surface area contributed by atoms with Crippen LogP contribution >= 0.6 is 0 Å². The van der Waals surface area contributed by atoms with Crippen LogP contribution < -0.4 is 5.32 Å². The summed E-state index contributed by atoms with van der Waals surface area (Å²) in [5, 5.41) is 7.24. The number of amides is 2. The molecule has 1 aliphatic heterocycles. The monoisotopic (exact) mass is 370 g/mol. The van der Waals surface area contributed by atoms with Crippen molar-refractivity contribution < 1.29 is 14.3 Å². The molecule has 144 valence electrons. The molecule has 1 saturated heterocycles. The van der Waals surface area contributed by atoms with Gasteiger partial charge in [-0.1, -0.05) is 18.2 Å². The Morgan fingerprint density at radius 3 is 2.70 bits per heavy atom. The summed E-state index contributed by atoms with van der Waals surface area (Å²) in [5.74, 6) is -0.161. The number of carbonyl (C=O) groups excluding carboxylic acids is 2. The van der Waals surface area contributed by atoms with Crippen LogP contribution in [0.1, 0.15) is 39.2 Å². The number of ether oxygens (including phenoxy) is 1. The smallest absolute Gasteiger partial charge is 0.410 e. The van der Waals surface area contributed by atoms with Crippen LogP contribution in [0.5, 0.6) is 0 Å². The molecule has 1 aliphatic rings. The van der Waals surface area contributed by atoms with Gasteiger partial charge in [0.1, 0.15) is 11.6 Å². The fraction of sp³-hybridized carbons (Fsp3) is 0.450. The molecule has 2 amide bonds. The Hall–Kier alpha value is -2.83. The lowest BCUT2D eigenvalue weighted by molar-refractivity contribution is -0.125. The first-order chi connectivity index (χ1) is 12.8. The predicted molar refractivity (Wildman–Crippen MR) is 101 cm³/mol. The summed E-state index contributed by atoms with van der Waals surface area (Å²) < 4.78 is 7.18. The van der Waals surface area contributed by atoms with Gasteiger partial charge in [-0.3, -0.25) is 9.69 Å². The van der Waals surface area contributed by atoms with Gasteiger partial charge < -0.3 is 10.1 Å². The first-order valence-corrected chi connectivity index (χ1v) is 9.20. The first kappa shape index (κ1) is 18.9. The molecule has 1 aromatic carbocycles. The van der Waals surface area contributed by atoms with Gasteiger partial charge in [0.25, 0.3) is 0 Å². The molecule has 0 radical (unpaired) electrons. The fourth-order valence-corrected chi connectivity index (χ4v) is 3.06. The van der Waals surface area contributed by atoms with Gasteiger partial charge in [0, 0.05) is 24.8 Å². The van der Waals surface area contributed by atoms with Gasteiger partial charge in [0.05, 0.1) is 11.9 Å². The van der Waals surface area contributed by atoms with E-state index in [2.05, 4.69) is 10.4 Å². The zero-order chi connectivity index (χ0) is 19.4. The summed E-state index contributed by atoms with van der Waals surface area (Å²) in [4.78, 5) is 26.4. The van der Waals surface area contributed by atoms with E-state index in [1.807, 2.05) is 57.3 Å². The van der Waals surface area contributed by atoms with Crippen LogP contribution in [0.15, 0.2) is 42.7 Å². The highest BCUT2D eigenvalue weighted by molar-refractivity contribution is 5.86. The Labute approximate surface area is 159 Å². The van der Waals surface area contributed by atoms with Crippen LogP contribution in [0.3, 0.4) is 0 Å². The highest BCUT2D eigenvalue weighted by atomic mass is 16.6. The molecule has 0 spiro atoms. The number of likely N-dealkylation sites (tertiary alicyclic amines) is 1. The average Bonchev–Trinajstić information content (AvgIpc) is 3.28. The quantitative estimate of drug-likeness (QED) is 0.898. The maximum Gasteiger partial charge on any atom is 0.410 e. The van der Waals surface area contributed by atoms with Gasteiger partial charge in [-0.25, -0.2) is 9.48 Å². The SMILES string of the molecule is CC(C)(C)OC(=O)N1CCC[C@H]1C(=O)NCc1cnn(-c2ccccc2)c1. The summed E-state index contributed by atoms with van der Waals surface area (Å²) in [6, 6.07) is 9.29. The standard InChI is InChI=1S/C20H26N4O3/c1-20(2,3)27-19(26)23-11-7-10-17(23)18(25)21-12-15-13-22-24(14-15)16-8-5-4-6-9-16/h4-6,8-9,13-14,17H,7,10-12H2,1-3H3,(H,21,25)/t17-/m0/s1. The Morgan fingerprint density at radius 2 is 2.00 bits per heavy atom. The van der Waals surface area contributed by atoms with Crippen LogP contribution in [0, 0.1) is 0 Å². The molecule has 0 saturated carbocycles. The number of para-hydroxylation sites is 1. The van der Waals surface area contributed by atoms with Crippen LogP contribution in [0.2, 0.25) is 0 Å². The predicted octanol–water partition coefficient (Wildman–Crippen LogP) is 2.89. The zero-order valence-electron chi connectivity index (χ0n) is 16.0. The number of carbonyl (C=O) groups is 2. The second-order valence-corrected chi connectivity index (χ2v) is 7.68. The molecule has 3 rings (SSSR count).